The van der Waals surface area contributed by atoms with Crippen LogP contribution in [-0.2, 0) is 9.47 Å². The van der Waals surface area contributed by atoms with Gasteiger partial charge < -0.3 is 19.8 Å². The van der Waals surface area contributed by atoms with Crippen LogP contribution in [0.25, 0.3) is 11.0 Å². The highest BCUT2D eigenvalue weighted by molar-refractivity contribution is 5.86. The maximum absolute atomic E-state index is 6.22. The standard InChI is InChI=1S/C17H22N4O2/c1-5-17(4)8-11(12-13(17)23-16(2,3)22-12)21-7-6-10-14(18)19-9-20-15(10)21/h5-7,9,11-13H,1,8H2,2-4H3,(H2,18,19,20)/t11-,12+,13+,17+/m1/s1. The summed E-state index contributed by atoms with van der Waals surface area (Å²) >= 11 is 0. The summed E-state index contributed by atoms with van der Waals surface area (Å²) in [6.07, 6.45) is 6.33. The second-order valence-electron chi connectivity index (χ2n) is 7.22. The molecule has 1 saturated heterocycles. The molecule has 2 aliphatic rings. The van der Waals surface area contributed by atoms with Gasteiger partial charge in [0.15, 0.2) is 5.79 Å². The molecule has 1 aliphatic heterocycles. The molecule has 122 valence electrons. The Morgan fingerprint density at radius 1 is 1.35 bits per heavy atom. The van der Waals surface area contributed by atoms with Gasteiger partial charge in [-0.1, -0.05) is 13.0 Å². The molecule has 0 aromatic carbocycles. The molecule has 2 aromatic heterocycles. The highest BCUT2D eigenvalue weighted by Gasteiger charge is 2.59. The zero-order valence-corrected chi connectivity index (χ0v) is 13.7. The van der Waals surface area contributed by atoms with Gasteiger partial charge in [0.1, 0.15) is 23.9 Å². The van der Waals surface area contributed by atoms with E-state index in [0.717, 1.165) is 17.5 Å². The van der Waals surface area contributed by atoms with E-state index in [1.54, 1.807) is 0 Å². The second kappa shape index (κ2) is 4.55. The number of nitrogens with zero attached hydrogens (tertiary/aromatic N) is 3. The molecule has 0 spiro atoms. The summed E-state index contributed by atoms with van der Waals surface area (Å²) in [5, 5.41) is 0.870. The fraction of sp³-hybridized carbons (Fsp3) is 0.529. The molecule has 2 aromatic rings. The fourth-order valence-electron chi connectivity index (χ4n) is 3.98. The van der Waals surface area contributed by atoms with Gasteiger partial charge in [0.2, 0.25) is 0 Å². The third-order valence-electron chi connectivity index (χ3n) is 5.17. The number of ether oxygens (including phenoxy) is 2. The topological polar surface area (TPSA) is 75.2 Å². The maximum Gasteiger partial charge on any atom is 0.163 e. The quantitative estimate of drug-likeness (QED) is 0.863. The van der Waals surface area contributed by atoms with E-state index in [1.807, 2.05) is 32.2 Å². The maximum atomic E-state index is 6.22. The average Bonchev–Trinajstić information content (AvgIpc) is 3.12. The van der Waals surface area contributed by atoms with Crippen molar-refractivity contribution in [3.63, 3.8) is 0 Å². The first kappa shape index (κ1) is 14.7. The molecule has 4 atom stereocenters. The molecule has 2 fully saturated rings. The van der Waals surface area contributed by atoms with Gasteiger partial charge in [-0.15, -0.1) is 6.58 Å². The minimum atomic E-state index is -0.588. The first-order valence-corrected chi connectivity index (χ1v) is 7.91. The summed E-state index contributed by atoms with van der Waals surface area (Å²) in [5.74, 6) is -0.0893. The molecular weight excluding hydrogens is 292 g/mol. The predicted octanol–water partition coefficient (Wildman–Crippen LogP) is 2.67. The van der Waals surface area contributed by atoms with Crippen molar-refractivity contribution in [1.82, 2.24) is 14.5 Å². The lowest BCUT2D eigenvalue weighted by Gasteiger charge is -2.28. The van der Waals surface area contributed by atoms with Crippen LogP contribution < -0.4 is 5.73 Å². The lowest BCUT2D eigenvalue weighted by Crippen LogP contribution is -2.31. The molecule has 0 radical (unpaired) electrons. The van der Waals surface area contributed by atoms with Gasteiger partial charge in [-0.25, -0.2) is 9.97 Å². The van der Waals surface area contributed by atoms with Gasteiger partial charge in [-0.2, -0.15) is 0 Å². The zero-order chi connectivity index (χ0) is 16.4. The lowest BCUT2D eigenvalue weighted by molar-refractivity contribution is -0.164. The van der Waals surface area contributed by atoms with Gasteiger partial charge in [0.05, 0.1) is 17.5 Å². The van der Waals surface area contributed by atoms with Gasteiger partial charge >= 0.3 is 0 Å². The second-order valence-corrected chi connectivity index (χ2v) is 7.22. The normalized spacial score (nSPS) is 35.5. The minimum absolute atomic E-state index is 0.0170. The molecule has 23 heavy (non-hydrogen) atoms. The van der Waals surface area contributed by atoms with E-state index in [-0.39, 0.29) is 23.7 Å². The van der Waals surface area contributed by atoms with E-state index in [0.29, 0.717) is 5.82 Å². The van der Waals surface area contributed by atoms with E-state index >= 15 is 0 Å². The van der Waals surface area contributed by atoms with E-state index in [1.165, 1.54) is 6.33 Å². The van der Waals surface area contributed by atoms with E-state index in [9.17, 15) is 0 Å². The Hall–Kier alpha value is -1.92. The van der Waals surface area contributed by atoms with E-state index in [2.05, 4.69) is 28.0 Å². The van der Waals surface area contributed by atoms with Crippen LogP contribution in [-0.4, -0.2) is 32.5 Å². The van der Waals surface area contributed by atoms with Crippen LogP contribution in [0.5, 0.6) is 0 Å². The van der Waals surface area contributed by atoms with Crippen molar-refractivity contribution in [2.24, 2.45) is 5.41 Å². The first-order chi connectivity index (χ1) is 10.8. The molecule has 6 nitrogen and oxygen atoms in total. The molecule has 4 rings (SSSR count). The molecule has 0 bridgehead atoms. The van der Waals surface area contributed by atoms with Gasteiger partial charge in [0.25, 0.3) is 0 Å². The number of hydrogen-bond donors (Lipinski definition) is 1. The summed E-state index contributed by atoms with van der Waals surface area (Å²) in [5.41, 5.74) is 6.66. The van der Waals surface area contributed by atoms with E-state index in [4.69, 9.17) is 15.2 Å². The van der Waals surface area contributed by atoms with Crippen LogP contribution in [0.15, 0.2) is 31.2 Å². The zero-order valence-electron chi connectivity index (χ0n) is 13.7. The Morgan fingerprint density at radius 2 is 2.13 bits per heavy atom. The van der Waals surface area contributed by atoms with Gasteiger partial charge in [0, 0.05) is 11.6 Å². The molecule has 2 N–H and O–H groups in total. The van der Waals surface area contributed by atoms with Gasteiger partial charge in [-0.3, -0.25) is 0 Å². The molecule has 0 unspecified atom stereocenters. The van der Waals surface area contributed by atoms with Gasteiger partial charge in [-0.05, 0) is 26.3 Å². The van der Waals surface area contributed by atoms with Crippen LogP contribution >= 0.6 is 0 Å². The van der Waals surface area contributed by atoms with E-state index < -0.39 is 5.79 Å². The largest absolute Gasteiger partial charge is 0.383 e. The van der Waals surface area contributed by atoms with Crippen molar-refractivity contribution in [2.75, 3.05) is 5.73 Å². The highest BCUT2D eigenvalue weighted by atomic mass is 16.8. The Morgan fingerprint density at radius 3 is 2.87 bits per heavy atom. The molecule has 1 aliphatic carbocycles. The number of nitrogen functional groups attached to an aromatic ring is 1. The van der Waals surface area contributed by atoms with Crippen LogP contribution in [0.1, 0.15) is 33.2 Å². The Bertz CT molecular complexity index is 784. The fourth-order valence-corrected chi connectivity index (χ4v) is 3.98. The first-order valence-electron chi connectivity index (χ1n) is 7.91. The number of fused-ring (bicyclic) bond motifs is 2. The van der Waals surface area contributed by atoms with Crippen molar-refractivity contribution in [3.8, 4) is 0 Å². The smallest absolute Gasteiger partial charge is 0.163 e. The molecule has 3 heterocycles. The summed E-state index contributed by atoms with van der Waals surface area (Å²) in [6.45, 7) is 10.1. The van der Waals surface area contributed by atoms with Crippen molar-refractivity contribution >= 4 is 16.9 Å². The summed E-state index contributed by atoms with van der Waals surface area (Å²) in [4.78, 5) is 8.48. The number of aromatic nitrogens is 3. The predicted molar refractivity (Wildman–Crippen MR) is 87.7 cm³/mol. The van der Waals surface area contributed by atoms with Crippen molar-refractivity contribution in [1.29, 1.82) is 0 Å². The highest BCUT2D eigenvalue weighted by Crippen LogP contribution is 2.54. The van der Waals surface area contributed by atoms with Crippen LogP contribution in [0, 0.1) is 5.41 Å². The monoisotopic (exact) mass is 314 g/mol. The lowest BCUT2D eigenvalue weighted by atomic mass is 9.86. The molecule has 6 heteroatoms. The molecule has 1 saturated carbocycles. The molecular formula is C17H22N4O2. The Kier molecular flexibility index (Phi) is 2.90. The number of anilines is 1. The number of rotatable bonds is 2. The van der Waals surface area contributed by atoms with Crippen molar-refractivity contribution in [2.45, 2.75) is 51.2 Å². The summed E-state index contributed by atoms with van der Waals surface area (Å²) in [6, 6.07) is 2.08. The SMILES string of the molecule is C=C[C@@]1(C)C[C@@H](n2ccc3c(N)ncnc32)[C@@H]2OC(C)(C)O[C@@H]21. The summed E-state index contributed by atoms with van der Waals surface area (Å²) in [7, 11) is 0. The molecule has 0 amide bonds. The van der Waals surface area contributed by atoms with Crippen LogP contribution in [0.2, 0.25) is 0 Å². The Balaban J connectivity index is 1.82. The average molecular weight is 314 g/mol. The third-order valence-corrected chi connectivity index (χ3v) is 5.17. The minimum Gasteiger partial charge on any atom is -0.383 e. The number of hydrogen-bond acceptors (Lipinski definition) is 5. The van der Waals surface area contributed by atoms with Crippen molar-refractivity contribution in [3.05, 3.63) is 31.2 Å². The number of nitrogens with two attached hydrogens (primary N) is 1. The summed E-state index contributed by atoms with van der Waals surface area (Å²) < 4.78 is 14.5. The van der Waals surface area contributed by atoms with Crippen LogP contribution in [0.4, 0.5) is 5.82 Å². The van der Waals surface area contributed by atoms with Crippen molar-refractivity contribution < 1.29 is 9.47 Å². The Labute approximate surface area is 135 Å². The third kappa shape index (κ3) is 2.01. The van der Waals surface area contributed by atoms with Crippen LogP contribution in [0.3, 0.4) is 0 Å².